The van der Waals surface area contributed by atoms with E-state index in [0.717, 1.165) is 18.8 Å². The van der Waals surface area contributed by atoms with Crippen molar-refractivity contribution in [2.24, 2.45) is 5.92 Å². The van der Waals surface area contributed by atoms with Crippen LogP contribution in [0.3, 0.4) is 0 Å². The molecule has 1 atom stereocenters. The molecule has 0 radical (unpaired) electrons. The second-order valence-corrected chi connectivity index (χ2v) is 7.27. The van der Waals surface area contributed by atoms with Crippen molar-refractivity contribution < 1.29 is 14.3 Å². The third-order valence-corrected chi connectivity index (χ3v) is 3.98. The minimum Gasteiger partial charge on any atom is -0.444 e. The predicted octanol–water partition coefficient (Wildman–Crippen LogP) is 2.83. The van der Waals surface area contributed by atoms with Crippen LogP contribution in [0.4, 0.5) is 16.3 Å². The molecule has 2 aromatic heterocycles. The van der Waals surface area contributed by atoms with E-state index >= 15 is 0 Å². The van der Waals surface area contributed by atoms with Crippen molar-refractivity contribution in [3.8, 4) is 0 Å². The first-order valence-electron chi connectivity index (χ1n) is 8.57. The maximum absolute atomic E-state index is 12.5. The zero-order valence-corrected chi connectivity index (χ0v) is 15.2. The van der Waals surface area contributed by atoms with Gasteiger partial charge >= 0.3 is 6.09 Å². The number of pyridine rings is 1. The lowest BCUT2D eigenvalue weighted by Gasteiger charge is -2.22. The van der Waals surface area contributed by atoms with Crippen molar-refractivity contribution in [1.82, 2.24) is 14.5 Å². The summed E-state index contributed by atoms with van der Waals surface area (Å²) in [5.41, 5.74) is -0.0790. The van der Waals surface area contributed by atoms with Gasteiger partial charge in [0.15, 0.2) is 0 Å². The van der Waals surface area contributed by atoms with E-state index in [1.165, 1.54) is 6.20 Å². The van der Waals surface area contributed by atoms with Crippen LogP contribution in [0.5, 0.6) is 0 Å². The third-order valence-electron chi connectivity index (χ3n) is 3.98. The quantitative estimate of drug-likeness (QED) is 0.880. The Kier molecular flexibility index (Phi) is 4.92. The normalized spacial score (nSPS) is 16.5. The highest BCUT2D eigenvalue weighted by atomic mass is 16.6. The van der Waals surface area contributed by atoms with Gasteiger partial charge in [-0.25, -0.2) is 14.8 Å². The molecule has 0 aromatic carbocycles. The zero-order valence-electron chi connectivity index (χ0n) is 15.2. The van der Waals surface area contributed by atoms with Crippen LogP contribution in [-0.4, -0.2) is 32.1 Å². The average molecular weight is 357 g/mol. The summed E-state index contributed by atoms with van der Waals surface area (Å²) in [7, 11) is 0. The van der Waals surface area contributed by atoms with Crippen molar-refractivity contribution in [3.05, 3.63) is 36.5 Å². The smallest absolute Gasteiger partial charge is 0.412 e. The van der Waals surface area contributed by atoms with Crippen LogP contribution < -0.4 is 10.6 Å². The predicted molar refractivity (Wildman–Crippen MR) is 96.8 cm³/mol. The van der Waals surface area contributed by atoms with Crippen LogP contribution >= 0.6 is 0 Å². The average Bonchev–Trinajstić information content (AvgIpc) is 3.00. The number of aryl methyl sites for hydroxylation is 1. The summed E-state index contributed by atoms with van der Waals surface area (Å²) in [6.07, 6.45) is 6.01. The van der Waals surface area contributed by atoms with E-state index in [0.29, 0.717) is 17.9 Å². The fourth-order valence-electron chi connectivity index (χ4n) is 2.80. The highest BCUT2D eigenvalue weighted by Gasteiger charge is 2.25. The number of aromatic nitrogens is 3. The molecule has 1 aliphatic heterocycles. The Morgan fingerprint density at radius 2 is 2.04 bits per heavy atom. The Balaban J connectivity index is 1.60. The Morgan fingerprint density at radius 1 is 1.23 bits per heavy atom. The number of nitrogens with one attached hydrogen (secondary N) is 2. The van der Waals surface area contributed by atoms with Gasteiger partial charge in [-0.15, -0.1) is 0 Å². The number of carbonyl (C=O) groups is 2. The number of hydrogen-bond acceptors (Lipinski definition) is 5. The highest BCUT2D eigenvalue weighted by molar-refractivity contribution is 5.93. The topological polar surface area (TPSA) is 98.1 Å². The number of carbonyl (C=O) groups excluding carboxylic acids is 2. The van der Waals surface area contributed by atoms with Crippen molar-refractivity contribution >= 4 is 23.5 Å². The molecule has 0 bridgehead atoms. The molecular formula is C18H23N5O3. The van der Waals surface area contributed by atoms with Crippen LogP contribution in [0, 0.1) is 5.92 Å². The Labute approximate surface area is 152 Å². The summed E-state index contributed by atoms with van der Waals surface area (Å²) in [6.45, 7) is 6.15. The number of imidazole rings is 1. The van der Waals surface area contributed by atoms with Crippen LogP contribution in [0.15, 0.2) is 30.7 Å². The molecular weight excluding hydrogens is 334 g/mol. The number of rotatable bonds is 3. The second kappa shape index (κ2) is 7.15. The molecule has 0 aliphatic carbocycles. The van der Waals surface area contributed by atoms with E-state index in [4.69, 9.17) is 4.74 Å². The van der Waals surface area contributed by atoms with Crippen molar-refractivity contribution in [2.45, 2.75) is 45.8 Å². The monoisotopic (exact) mass is 357 g/mol. The van der Waals surface area contributed by atoms with E-state index in [2.05, 4.69) is 25.2 Å². The van der Waals surface area contributed by atoms with E-state index in [9.17, 15) is 9.59 Å². The van der Waals surface area contributed by atoms with Crippen LogP contribution in [-0.2, 0) is 22.5 Å². The molecule has 2 N–H and O–H groups in total. The molecule has 2 amide bonds. The molecule has 8 nitrogen and oxygen atoms in total. The fourth-order valence-corrected chi connectivity index (χ4v) is 2.80. The third kappa shape index (κ3) is 4.59. The van der Waals surface area contributed by atoms with Gasteiger partial charge in [0.25, 0.3) is 0 Å². The van der Waals surface area contributed by atoms with Crippen LogP contribution in [0.2, 0.25) is 0 Å². The van der Waals surface area contributed by atoms with Gasteiger partial charge in [0.2, 0.25) is 5.91 Å². The summed E-state index contributed by atoms with van der Waals surface area (Å²) in [5, 5.41) is 5.45. The van der Waals surface area contributed by atoms with E-state index in [1.807, 2.05) is 6.20 Å². The molecule has 2 aromatic rings. The maximum atomic E-state index is 12.5. The minimum absolute atomic E-state index is 0.0961. The van der Waals surface area contributed by atoms with Gasteiger partial charge in [-0.3, -0.25) is 10.1 Å². The zero-order chi connectivity index (χ0) is 18.7. The molecule has 26 heavy (non-hydrogen) atoms. The summed E-state index contributed by atoms with van der Waals surface area (Å²) in [5.74, 6) is 1.07. The first-order chi connectivity index (χ1) is 12.3. The van der Waals surface area contributed by atoms with Gasteiger partial charge < -0.3 is 14.6 Å². The van der Waals surface area contributed by atoms with Gasteiger partial charge in [0.1, 0.15) is 17.2 Å². The highest BCUT2D eigenvalue weighted by Crippen LogP contribution is 2.21. The summed E-state index contributed by atoms with van der Waals surface area (Å²) >= 11 is 0. The standard InChI is InChI=1S/C18H23N5O3/c1-18(2,3)26-17(25)21-13-4-6-19-14(11-13)22-16(24)12-5-8-23-9-7-20-15(23)10-12/h4,6-7,9,11-12H,5,8,10H2,1-3H3,(H2,19,21,22,24,25). The number of ether oxygens (including phenoxy) is 1. The fraction of sp³-hybridized carbons (Fsp3) is 0.444. The van der Waals surface area contributed by atoms with Gasteiger partial charge in [0.05, 0.1) is 0 Å². The first kappa shape index (κ1) is 17.9. The van der Waals surface area contributed by atoms with Crippen molar-refractivity contribution in [1.29, 1.82) is 0 Å². The minimum atomic E-state index is -0.582. The van der Waals surface area contributed by atoms with Crippen LogP contribution in [0.1, 0.15) is 33.0 Å². The van der Waals surface area contributed by atoms with Gasteiger partial charge in [-0.2, -0.15) is 0 Å². The number of amides is 2. The van der Waals surface area contributed by atoms with E-state index in [1.54, 1.807) is 39.1 Å². The molecule has 8 heteroatoms. The van der Waals surface area contributed by atoms with E-state index in [-0.39, 0.29) is 11.8 Å². The van der Waals surface area contributed by atoms with Gasteiger partial charge in [-0.1, -0.05) is 0 Å². The summed E-state index contributed by atoms with van der Waals surface area (Å²) in [4.78, 5) is 32.8. The molecule has 1 unspecified atom stereocenters. The molecule has 0 spiro atoms. The largest absolute Gasteiger partial charge is 0.444 e. The molecule has 0 saturated carbocycles. The summed E-state index contributed by atoms with van der Waals surface area (Å²) < 4.78 is 7.28. The summed E-state index contributed by atoms with van der Waals surface area (Å²) in [6, 6.07) is 3.24. The van der Waals surface area contributed by atoms with Crippen molar-refractivity contribution in [2.75, 3.05) is 10.6 Å². The maximum Gasteiger partial charge on any atom is 0.412 e. The SMILES string of the molecule is CC(C)(C)OC(=O)Nc1ccnc(NC(=O)C2CCn3ccnc3C2)c1. The van der Waals surface area contributed by atoms with Crippen LogP contribution in [0.25, 0.3) is 0 Å². The Bertz CT molecular complexity index is 809. The lowest BCUT2D eigenvalue weighted by molar-refractivity contribution is -0.120. The van der Waals surface area contributed by atoms with E-state index < -0.39 is 11.7 Å². The van der Waals surface area contributed by atoms with Gasteiger partial charge in [-0.05, 0) is 33.3 Å². The Morgan fingerprint density at radius 3 is 2.81 bits per heavy atom. The number of hydrogen-bond donors (Lipinski definition) is 2. The number of nitrogens with zero attached hydrogens (tertiary/aromatic N) is 3. The molecule has 0 fully saturated rings. The molecule has 0 saturated heterocycles. The number of anilines is 2. The molecule has 1 aliphatic rings. The molecule has 3 rings (SSSR count). The molecule has 3 heterocycles. The first-order valence-corrected chi connectivity index (χ1v) is 8.57. The lowest BCUT2D eigenvalue weighted by Crippen LogP contribution is -2.30. The molecule has 138 valence electrons. The lowest BCUT2D eigenvalue weighted by atomic mass is 9.97. The van der Waals surface area contributed by atoms with Crippen molar-refractivity contribution in [3.63, 3.8) is 0 Å². The van der Waals surface area contributed by atoms with Gasteiger partial charge in [0, 0.05) is 49.2 Å². The second-order valence-electron chi connectivity index (χ2n) is 7.27. The Hall–Kier alpha value is -2.90. The number of fused-ring (bicyclic) bond motifs is 1.